The maximum atomic E-state index is 12.1. The Kier molecular flexibility index (Phi) is 13.3. The van der Waals surface area contributed by atoms with E-state index in [4.69, 9.17) is 0 Å². The number of hydrogen-bond acceptors (Lipinski definition) is 3. The van der Waals surface area contributed by atoms with Crippen molar-refractivity contribution in [2.75, 3.05) is 0 Å². The maximum Gasteiger partial charge on any atom is 0.326 e. The van der Waals surface area contributed by atoms with Gasteiger partial charge in [0.2, 0.25) is 5.91 Å². The number of phenols is 1. The molecule has 3 N–H and O–H groups in total. The number of allylic oxidation sites excluding steroid dienone is 2. The molecule has 1 rings (SSSR count). The van der Waals surface area contributed by atoms with Crippen LogP contribution in [0.2, 0.25) is 0 Å². The summed E-state index contributed by atoms with van der Waals surface area (Å²) in [6.45, 7) is 2.22. The number of nitrogens with one attached hydrogen (secondary N) is 1. The molecule has 0 saturated heterocycles. The largest absolute Gasteiger partial charge is 0.508 e. The van der Waals surface area contributed by atoms with Crippen LogP contribution < -0.4 is 5.32 Å². The van der Waals surface area contributed by atoms with Crippen molar-refractivity contribution in [2.24, 2.45) is 0 Å². The lowest BCUT2D eigenvalue weighted by molar-refractivity contribution is -0.141. The quantitative estimate of drug-likeness (QED) is 0.256. The molecule has 0 saturated carbocycles. The third kappa shape index (κ3) is 12.7. The number of aliphatic carboxylic acids is 1. The number of hydrogen-bond donors (Lipinski definition) is 3. The molecular formula is C24H37NO4. The van der Waals surface area contributed by atoms with Gasteiger partial charge in [-0.2, -0.15) is 0 Å². The Morgan fingerprint density at radius 3 is 2.14 bits per heavy atom. The van der Waals surface area contributed by atoms with Crippen LogP contribution in [0.5, 0.6) is 5.75 Å². The molecule has 0 spiro atoms. The second-order valence-corrected chi connectivity index (χ2v) is 7.60. The number of benzene rings is 1. The van der Waals surface area contributed by atoms with Gasteiger partial charge in [-0.15, -0.1) is 0 Å². The van der Waals surface area contributed by atoms with Gasteiger partial charge in [-0.3, -0.25) is 4.79 Å². The van der Waals surface area contributed by atoms with E-state index in [1.165, 1.54) is 50.7 Å². The Morgan fingerprint density at radius 2 is 1.52 bits per heavy atom. The fraction of sp³-hybridized carbons (Fsp3) is 0.583. The average Bonchev–Trinajstić information content (AvgIpc) is 2.70. The van der Waals surface area contributed by atoms with Gasteiger partial charge in [0.15, 0.2) is 0 Å². The first kappa shape index (κ1) is 24.7. The zero-order chi connectivity index (χ0) is 21.3. The van der Waals surface area contributed by atoms with Gasteiger partial charge >= 0.3 is 5.97 Å². The first-order valence-electron chi connectivity index (χ1n) is 11.0. The summed E-state index contributed by atoms with van der Waals surface area (Å²) in [5, 5.41) is 21.2. The minimum Gasteiger partial charge on any atom is -0.508 e. The van der Waals surface area contributed by atoms with Crippen molar-refractivity contribution in [2.45, 2.75) is 90.0 Å². The molecule has 1 amide bonds. The van der Waals surface area contributed by atoms with Gasteiger partial charge in [0, 0.05) is 12.8 Å². The molecule has 5 nitrogen and oxygen atoms in total. The van der Waals surface area contributed by atoms with Crippen molar-refractivity contribution in [3.8, 4) is 5.75 Å². The van der Waals surface area contributed by atoms with Gasteiger partial charge < -0.3 is 15.5 Å². The summed E-state index contributed by atoms with van der Waals surface area (Å²) in [4.78, 5) is 23.5. The number of unbranched alkanes of at least 4 members (excludes halogenated alkanes) is 8. The van der Waals surface area contributed by atoms with E-state index >= 15 is 0 Å². The summed E-state index contributed by atoms with van der Waals surface area (Å²) in [7, 11) is 0. The van der Waals surface area contributed by atoms with Gasteiger partial charge in [-0.05, 0) is 49.8 Å². The number of carboxylic acid groups (broad SMARTS) is 1. The molecule has 1 aromatic carbocycles. The monoisotopic (exact) mass is 403 g/mol. The fourth-order valence-electron chi connectivity index (χ4n) is 3.16. The van der Waals surface area contributed by atoms with E-state index in [1.807, 2.05) is 0 Å². The Morgan fingerprint density at radius 1 is 0.931 bits per heavy atom. The normalized spacial score (nSPS) is 12.2. The first-order chi connectivity index (χ1) is 14.0. The van der Waals surface area contributed by atoms with E-state index in [-0.39, 0.29) is 18.1 Å². The Hall–Kier alpha value is -2.30. The second kappa shape index (κ2) is 15.6. The molecular weight excluding hydrogens is 366 g/mol. The zero-order valence-corrected chi connectivity index (χ0v) is 17.7. The van der Waals surface area contributed by atoms with Crippen LogP contribution in [0.25, 0.3) is 0 Å². The lowest BCUT2D eigenvalue weighted by Crippen LogP contribution is -2.42. The lowest BCUT2D eigenvalue weighted by Gasteiger charge is -2.14. The van der Waals surface area contributed by atoms with E-state index in [9.17, 15) is 19.8 Å². The standard InChI is InChI=1S/C24H37NO4/c1-2-3-4-5-6-7-8-9-10-11-12-13-14-23(27)25-22(24(28)29)19-20-15-17-21(26)18-16-20/h6-7,15-18,22,26H,2-5,8-14,19H2,1H3,(H,25,27)(H,28,29)/b7-6-/t22-/m0/s1. The van der Waals surface area contributed by atoms with Crippen LogP contribution in [0.1, 0.15) is 83.1 Å². The number of amides is 1. The van der Waals surface area contributed by atoms with E-state index in [0.717, 1.165) is 31.2 Å². The van der Waals surface area contributed by atoms with Crippen LogP contribution in [0.3, 0.4) is 0 Å². The van der Waals surface area contributed by atoms with Crippen LogP contribution in [-0.4, -0.2) is 28.1 Å². The highest BCUT2D eigenvalue weighted by Crippen LogP contribution is 2.12. The number of aromatic hydroxyl groups is 1. The van der Waals surface area contributed by atoms with E-state index in [2.05, 4.69) is 24.4 Å². The molecule has 0 aliphatic carbocycles. The highest BCUT2D eigenvalue weighted by atomic mass is 16.4. The van der Waals surface area contributed by atoms with Gasteiger partial charge in [0.05, 0.1) is 0 Å². The number of rotatable bonds is 16. The SMILES string of the molecule is CCCCC/C=C\CCCCCCCC(=O)N[C@@H](Cc1ccc(O)cc1)C(=O)O. The Labute approximate surface area is 175 Å². The lowest BCUT2D eigenvalue weighted by atomic mass is 10.0. The second-order valence-electron chi connectivity index (χ2n) is 7.60. The molecule has 1 atom stereocenters. The molecule has 0 radical (unpaired) electrons. The molecule has 0 heterocycles. The summed E-state index contributed by atoms with van der Waals surface area (Å²) < 4.78 is 0. The van der Waals surface area contributed by atoms with Crippen molar-refractivity contribution >= 4 is 11.9 Å². The molecule has 0 aromatic heterocycles. The molecule has 162 valence electrons. The van der Waals surface area contributed by atoms with E-state index in [0.29, 0.717) is 6.42 Å². The van der Waals surface area contributed by atoms with Crippen LogP contribution in [0.4, 0.5) is 0 Å². The van der Waals surface area contributed by atoms with Crippen molar-refractivity contribution in [1.82, 2.24) is 5.32 Å². The number of phenolic OH excluding ortho intramolecular Hbond substituents is 1. The predicted octanol–water partition coefficient (Wildman–Crippen LogP) is 5.37. The molecule has 29 heavy (non-hydrogen) atoms. The van der Waals surface area contributed by atoms with Crippen LogP contribution in [-0.2, 0) is 16.0 Å². The molecule has 5 heteroatoms. The number of carboxylic acids is 1. The smallest absolute Gasteiger partial charge is 0.326 e. The topological polar surface area (TPSA) is 86.6 Å². The van der Waals surface area contributed by atoms with Gasteiger partial charge in [-0.1, -0.05) is 63.3 Å². The fourth-order valence-corrected chi connectivity index (χ4v) is 3.16. The van der Waals surface area contributed by atoms with Crippen molar-refractivity contribution in [3.63, 3.8) is 0 Å². The van der Waals surface area contributed by atoms with Crippen molar-refractivity contribution in [3.05, 3.63) is 42.0 Å². The summed E-state index contributed by atoms with van der Waals surface area (Å²) in [6, 6.07) is 5.41. The van der Waals surface area contributed by atoms with Crippen molar-refractivity contribution in [1.29, 1.82) is 0 Å². The number of carbonyl (C=O) groups excluding carboxylic acids is 1. The Balaban J connectivity index is 2.12. The summed E-state index contributed by atoms with van der Waals surface area (Å²) in [6.07, 6.45) is 16.5. The van der Waals surface area contributed by atoms with Crippen LogP contribution >= 0.6 is 0 Å². The highest BCUT2D eigenvalue weighted by molar-refractivity contribution is 5.83. The minimum atomic E-state index is -1.05. The van der Waals surface area contributed by atoms with Gasteiger partial charge in [-0.25, -0.2) is 4.79 Å². The third-order valence-corrected chi connectivity index (χ3v) is 4.93. The molecule has 0 bridgehead atoms. The number of carbonyl (C=O) groups is 2. The molecule has 1 aromatic rings. The van der Waals surface area contributed by atoms with Gasteiger partial charge in [0.1, 0.15) is 11.8 Å². The summed E-state index contributed by atoms with van der Waals surface area (Å²) in [5.41, 5.74) is 0.759. The maximum absolute atomic E-state index is 12.1. The minimum absolute atomic E-state index is 0.132. The molecule has 0 unspecified atom stereocenters. The molecule has 0 aliphatic heterocycles. The Bertz CT molecular complexity index is 610. The highest BCUT2D eigenvalue weighted by Gasteiger charge is 2.20. The first-order valence-corrected chi connectivity index (χ1v) is 11.0. The van der Waals surface area contributed by atoms with E-state index < -0.39 is 12.0 Å². The summed E-state index contributed by atoms with van der Waals surface area (Å²) in [5.74, 6) is -1.13. The molecule has 0 fully saturated rings. The predicted molar refractivity (Wildman–Crippen MR) is 117 cm³/mol. The molecule has 0 aliphatic rings. The third-order valence-electron chi connectivity index (χ3n) is 4.93. The van der Waals surface area contributed by atoms with E-state index in [1.54, 1.807) is 12.1 Å². The van der Waals surface area contributed by atoms with Crippen LogP contribution in [0.15, 0.2) is 36.4 Å². The van der Waals surface area contributed by atoms with Crippen molar-refractivity contribution < 1.29 is 19.8 Å². The summed E-state index contributed by atoms with van der Waals surface area (Å²) >= 11 is 0. The average molecular weight is 404 g/mol. The zero-order valence-electron chi connectivity index (χ0n) is 17.7. The van der Waals surface area contributed by atoms with Crippen LogP contribution in [0, 0.1) is 0 Å². The van der Waals surface area contributed by atoms with Gasteiger partial charge in [0.25, 0.3) is 0 Å².